The van der Waals surface area contributed by atoms with Crippen LogP contribution in [0.3, 0.4) is 0 Å². The van der Waals surface area contributed by atoms with Gasteiger partial charge in [-0.2, -0.15) is 5.26 Å². The van der Waals surface area contributed by atoms with E-state index in [9.17, 15) is 5.26 Å². The first kappa shape index (κ1) is 22.9. The number of carboxylic acid groups (broad SMARTS) is 2. The van der Waals surface area contributed by atoms with Crippen LogP contribution in [0.15, 0.2) is 42.7 Å². The van der Waals surface area contributed by atoms with Crippen molar-refractivity contribution in [2.75, 3.05) is 13.6 Å². The fraction of sp³-hybridized carbons (Fsp3) is 0.263. The molecule has 0 amide bonds. The van der Waals surface area contributed by atoms with Gasteiger partial charge < -0.3 is 20.3 Å². The number of rotatable bonds is 7. The molecular weight excluding hydrogens is 386 g/mol. The van der Waals surface area contributed by atoms with Crippen LogP contribution in [0.4, 0.5) is 0 Å². The molecule has 0 saturated heterocycles. The summed E-state index contributed by atoms with van der Waals surface area (Å²) in [5.74, 6) is -3.13. The summed E-state index contributed by atoms with van der Waals surface area (Å²) >= 11 is 6.02. The van der Waals surface area contributed by atoms with Gasteiger partial charge in [0.1, 0.15) is 17.9 Å². The topological polar surface area (TPSA) is 133 Å². The van der Waals surface area contributed by atoms with E-state index in [1.807, 2.05) is 19.2 Å². The summed E-state index contributed by atoms with van der Waals surface area (Å²) in [5.41, 5.74) is 1.52. The number of nitrogens with zero attached hydrogens (tertiary/aromatic N) is 2. The normalized spacial score (nSPS) is 10.8. The Balaban J connectivity index is 0.000000568. The van der Waals surface area contributed by atoms with Crippen LogP contribution in [-0.2, 0) is 9.59 Å². The smallest absolute Gasteiger partial charge is 0.414 e. The van der Waals surface area contributed by atoms with E-state index < -0.39 is 11.9 Å². The number of aliphatic carboxylic acids is 2. The molecule has 1 aromatic carbocycles. The van der Waals surface area contributed by atoms with E-state index >= 15 is 0 Å². The fourth-order valence-electron chi connectivity index (χ4n) is 2.18. The molecule has 1 aromatic heterocycles. The Hall–Kier alpha value is -3.15. The number of hydrogen-bond acceptors (Lipinski definition) is 6. The molecule has 0 fully saturated rings. The van der Waals surface area contributed by atoms with Gasteiger partial charge in [0.25, 0.3) is 0 Å². The van der Waals surface area contributed by atoms with Crippen molar-refractivity contribution in [3.05, 3.63) is 58.9 Å². The number of ether oxygens (including phenoxy) is 1. The fourth-order valence-corrected chi connectivity index (χ4v) is 2.34. The Kier molecular flexibility index (Phi) is 10.0. The summed E-state index contributed by atoms with van der Waals surface area (Å²) in [6.07, 6.45) is 5.15. The molecule has 0 aliphatic carbocycles. The third-order valence-electron chi connectivity index (χ3n) is 3.49. The third-order valence-corrected chi connectivity index (χ3v) is 3.72. The molecule has 0 aliphatic heterocycles. The van der Waals surface area contributed by atoms with E-state index in [1.54, 1.807) is 30.6 Å². The van der Waals surface area contributed by atoms with Crippen molar-refractivity contribution < 1.29 is 24.5 Å². The SMILES string of the molecule is CNCCCC(Oc1cc(Cl)ccc1C#N)c1ccncc1.O=C(O)C(=O)O. The van der Waals surface area contributed by atoms with Gasteiger partial charge in [-0.1, -0.05) is 11.6 Å². The number of carboxylic acids is 2. The molecule has 3 N–H and O–H groups in total. The van der Waals surface area contributed by atoms with Gasteiger partial charge in [-0.05, 0) is 56.3 Å². The number of hydrogen-bond donors (Lipinski definition) is 3. The highest BCUT2D eigenvalue weighted by Crippen LogP contribution is 2.30. The molecule has 1 heterocycles. The number of nitrogens with one attached hydrogen (secondary N) is 1. The molecule has 28 heavy (non-hydrogen) atoms. The van der Waals surface area contributed by atoms with Gasteiger partial charge in [0.15, 0.2) is 0 Å². The standard InChI is InChI=1S/C17H18ClN3O.C2H2O4/c1-20-8-2-3-16(13-6-9-21-10-7-13)22-17-11-15(18)5-4-14(17)12-19;3-1(4)2(5)6/h4-7,9-11,16,20H,2-3,8H2,1H3;(H,3,4)(H,5,6). The minimum Gasteiger partial charge on any atom is -0.484 e. The van der Waals surface area contributed by atoms with Crippen LogP contribution in [0, 0.1) is 11.3 Å². The molecule has 0 aliphatic rings. The van der Waals surface area contributed by atoms with Crippen LogP contribution in [0.5, 0.6) is 5.75 Å². The Morgan fingerprint density at radius 3 is 2.43 bits per heavy atom. The van der Waals surface area contributed by atoms with E-state index in [1.165, 1.54) is 0 Å². The maximum absolute atomic E-state index is 9.21. The summed E-state index contributed by atoms with van der Waals surface area (Å²) in [4.78, 5) is 22.2. The van der Waals surface area contributed by atoms with Gasteiger partial charge >= 0.3 is 11.9 Å². The highest BCUT2D eigenvalue weighted by atomic mass is 35.5. The lowest BCUT2D eigenvalue weighted by Gasteiger charge is -2.20. The molecule has 8 nitrogen and oxygen atoms in total. The second-order valence-corrected chi connectivity index (χ2v) is 5.93. The lowest BCUT2D eigenvalue weighted by molar-refractivity contribution is -0.159. The van der Waals surface area contributed by atoms with E-state index in [0.29, 0.717) is 16.3 Å². The van der Waals surface area contributed by atoms with Gasteiger partial charge in [-0.15, -0.1) is 0 Å². The largest absolute Gasteiger partial charge is 0.484 e. The van der Waals surface area contributed by atoms with Crippen LogP contribution < -0.4 is 10.1 Å². The maximum Gasteiger partial charge on any atom is 0.414 e. The van der Waals surface area contributed by atoms with Gasteiger partial charge in [0.05, 0.1) is 5.56 Å². The van der Waals surface area contributed by atoms with Crippen molar-refractivity contribution in [3.63, 3.8) is 0 Å². The molecule has 0 spiro atoms. The summed E-state index contributed by atoms with van der Waals surface area (Å²) in [6.45, 7) is 0.908. The lowest BCUT2D eigenvalue weighted by atomic mass is 10.1. The van der Waals surface area contributed by atoms with E-state index in [2.05, 4.69) is 16.4 Å². The minimum absolute atomic E-state index is 0.137. The van der Waals surface area contributed by atoms with Crippen molar-refractivity contribution in [1.29, 1.82) is 5.26 Å². The van der Waals surface area contributed by atoms with Gasteiger partial charge in [-0.3, -0.25) is 4.98 Å². The van der Waals surface area contributed by atoms with Crippen molar-refractivity contribution in [1.82, 2.24) is 10.3 Å². The number of halogens is 1. The van der Waals surface area contributed by atoms with Gasteiger partial charge in [0, 0.05) is 23.5 Å². The summed E-state index contributed by atoms with van der Waals surface area (Å²) < 4.78 is 6.09. The predicted octanol–water partition coefficient (Wildman–Crippen LogP) is 2.88. The molecule has 9 heteroatoms. The molecule has 1 atom stereocenters. The molecule has 2 aromatic rings. The summed E-state index contributed by atoms with van der Waals surface area (Å²) in [5, 5.41) is 27.7. The number of benzene rings is 1. The number of nitriles is 1. The van der Waals surface area contributed by atoms with Crippen LogP contribution in [0.1, 0.15) is 30.1 Å². The Morgan fingerprint density at radius 2 is 1.89 bits per heavy atom. The third kappa shape index (κ3) is 8.03. The van der Waals surface area contributed by atoms with Gasteiger partial charge in [0.2, 0.25) is 0 Å². The molecule has 0 radical (unpaired) electrons. The van der Waals surface area contributed by atoms with E-state index in [4.69, 9.17) is 36.1 Å². The first-order valence-electron chi connectivity index (χ1n) is 8.26. The van der Waals surface area contributed by atoms with Crippen LogP contribution >= 0.6 is 11.6 Å². The van der Waals surface area contributed by atoms with E-state index in [0.717, 1.165) is 24.9 Å². The average Bonchev–Trinajstić information content (AvgIpc) is 2.68. The quantitative estimate of drug-likeness (QED) is 0.473. The van der Waals surface area contributed by atoms with Crippen molar-refractivity contribution in [2.45, 2.75) is 18.9 Å². The first-order chi connectivity index (χ1) is 13.4. The molecule has 1 unspecified atom stereocenters. The predicted molar refractivity (Wildman–Crippen MR) is 102 cm³/mol. The lowest BCUT2D eigenvalue weighted by Crippen LogP contribution is -2.13. The van der Waals surface area contributed by atoms with Crippen molar-refractivity contribution in [3.8, 4) is 11.8 Å². The zero-order chi connectivity index (χ0) is 20.9. The Bertz CT molecular complexity index is 812. The Labute approximate surface area is 167 Å². The Morgan fingerprint density at radius 1 is 1.25 bits per heavy atom. The van der Waals surface area contributed by atoms with E-state index in [-0.39, 0.29) is 6.10 Å². The second kappa shape index (κ2) is 12.3. The second-order valence-electron chi connectivity index (χ2n) is 5.50. The van der Waals surface area contributed by atoms with Crippen LogP contribution in [0.2, 0.25) is 5.02 Å². The van der Waals surface area contributed by atoms with Crippen molar-refractivity contribution in [2.24, 2.45) is 0 Å². The summed E-state index contributed by atoms with van der Waals surface area (Å²) in [6, 6.07) is 11.1. The summed E-state index contributed by atoms with van der Waals surface area (Å²) in [7, 11) is 1.92. The first-order valence-corrected chi connectivity index (χ1v) is 8.63. The molecular formula is C19H20ClN3O5. The molecule has 2 rings (SSSR count). The number of aromatic nitrogens is 1. The monoisotopic (exact) mass is 405 g/mol. The van der Waals surface area contributed by atoms with Crippen molar-refractivity contribution >= 4 is 23.5 Å². The molecule has 0 bridgehead atoms. The minimum atomic E-state index is -1.82. The molecule has 148 valence electrons. The van der Waals surface area contributed by atoms with Crippen LogP contribution in [-0.4, -0.2) is 40.7 Å². The van der Waals surface area contributed by atoms with Gasteiger partial charge in [-0.25, -0.2) is 9.59 Å². The van der Waals surface area contributed by atoms with Crippen LogP contribution in [0.25, 0.3) is 0 Å². The average molecular weight is 406 g/mol. The maximum atomic E-state index is 9.21. The zero-order valence-electron chi connectivity index (χ0n) is 15.1. The highest BCUT2D eigenvalue weighted by molar-refractivity contribution is 6.30. The number of pyridine rings is 1. The number of carbonyl (C=O) groups is 2. The zero-order valence-corrected chi connectivity index (χ0v) is 15.9. The highest BCUT2D eigenvalue weighted by Gasteiger charge is 2.15. The molecule has 0 saturated carbocycles.